The minimum absolute atomic E-state index is 0.145. The van der Waals surface area contributed by atoms with Crippen LogP contribution in [0.25, 0.3) is 0 Å². The summed E-state index contributed by atoms with van der Waals surface area (Å²) in [6.07, 6.45) is 9.22. The highest BCUT2D eigenvalue weighted by molar-refractivity contribution is 5.68. The Morgan fingerprint density at radius 2 is 2.00 bits per heavy atom. The van der Waals surface area contributed by atoms with Crippen molar-refractivity contribution in [1.82, 2.24) is 0 Å². The van der Waals surface area contributed by atoms with Gasteiger partial charge in [0.2, 0.25) is 0 Å². The van der Waals surface area contributed by atoms with E-state index < -0.39 is 30.3 Å². The Balaban J connectivity index is 2.09. The Bertz CT molecular complexity index is 592. The van der Waals surface area contributed by atoms with Crippen molar-refractivity contribution >= 4 is 11.9 Å². The van der Waals surface area contributed by atoms with Gasteiger partial charge in [-0.2, -0.15) is 0 Å². The van der Waals surface area contributed by atoms with Crippen LogP contribution in [-0.4, -0.2) is 54.4 Å². The number of hydrogen-bond donors (Lipinski definition) is 1. The number of esters is 2. The second-order valence-electron chi connectivity index (χ2n) is 7.59. The summed E-state index contributed by atoms with van der Waals surface area (Å²) in [5.41, 5.74) is 0.590. The summed E-state index contributed by atoms with van der Waals surface area (Å²) >= 11 is 0. The summed E-state index contributed by atoms with van der Waals surface area (Å²) in [6, 6.07) is 0. The zero-order chi connectivity index (χ0) is 21.2. The maximum Gasteiger partial charge on any atom is 0.303 e. The van der Waals surface area contributed by atoms with Crippen LogP contribution in [0.5, 0.6) is 0 Å². The van der Waals surface area contributed by atoms with Crippen LogP contribution in [0.3, 0.4) is 0 Å². The zero-order valence-corrected chi connectivity index (χ0v) is 17.7. The van der Waals surface area contributed by atoms with E-state index in [4.69, 9.17) is 18.9 Å². The summed E-state index contributed by atoms with van der Waals surface area (Å²) in [5.74, 6) is -1.05. The lowest BCUT2D eigenvalue weighted by Gasteiger charge is -2.27. The van der Waals surface area contributed by atoms with E-state index >= 15 is 0 Å². The predicted molar refractivity (Wildman–Crippen MR) is 107 cm³/mol. The monoisotopic (exact) mass is 410 g/mol. The molecule has 2 rings (SSSR count). The Kier molecular flexibility index (Phi) is 9.84. The number of hydrogen-bond acceptors (Lipinski definition) is 7. The highest BCUT2D eigenvalue weighted by Crippen LogP contribution is 2.28. The lowest BCUT2D eigenvalue weighted by Crippen LogP contribution is -2.38. The Labute approximate surface area is 173 Å². The first-order valence-electron chi connectivity index (χ1n) is 10.6. The SMILES string of the molecule is CCCCCC(/C=C/C1=CC(O)[C@H](OC(C)=O)[C@H]1OC(C)=O)OC1CCCCO1. The van der Waals surface area contributed by atoms with Crippen LogP contribution in [0.2, 0.25) is 0 Å². The van der Waals surface area contributed by atoms with E-state index in [-0.39, 0.29) is 12.4 Å². The van der Waals surface area contributed by atoms with Crippen molar-refractivity contribution in [3.63, 3.8) is 0 Å². The maximum absolute atomic E-state index is 11.5. The van der Waals surface area contributed by atoms with Gasteiger partial charge in [0.1, 0.15) is 6.10 Å². The molecule has 1 saturated heterocycles. The molecule has 0 bridgehead atoms. The third-order valence-corrected chi connectivity index (χ3v) is 4.98. The van der Waals surface area contributed by atoms with E-state index in [1.165, 1.54) is 13.8 Å². The van der Waals surface area contributed by atoms with Gasteiger partial charge >= 0.3 is 11.9 Å². The lowest BCUT2D eigenvalue weighted by molar-refractivity contribution is -0.179. The molecule has 1 aliphatic carbocycles. The predicted octanol–water partition coefficient (Wildman–Crippen LogP) is 3.20. The van der Waals surface area contributed by atoms with Crippen molar-refractivity contribution in [1.29, 1.82) is 0 Å². The molecule has 2 aliphatic rings. The number of ether oxygens (including phenoxy) is 4. The van der Waals surface area contributed by atoms with Crippen LogP contribution in [0.4, 0.5) is 0 Å². The summed E-state index contributed by atoms with van der Waals surface area (Å²) in [6.45, 7) is 5.41. The van der Waals surface area contributed by atoms with E-state index in [9.17, 15) is 14.7 Å². The number of carbonyl (C=O) groups excluding carboxylic acids is 2. The van der Waals surface area contributed by atoms with Gasteiger partial charge in [0.05, 0.1) is 6.10 Å². The molecule has 1 aliphatic heterocycles. The quantitative estimate of drug-likeness (QED) is 0.437. The van der Waals surface area contributed by atoms with E-state index in [1.54, 1.807) is 12.2 Å². The molecule has 0 spiro atoms. The van der Waals surface area contributed by atoms with Crippen LogP contribution in [0.15, 0.2) is 23.8 Å². The van der Waals surface area contributed by atoms with E-state index in [2.05, 4.69) is 6.92 Å². The van der Waals surface area contributed by atoms with Gasteiger partial charge < -0.3 is 24.1 Å². The van der Waals surface area contributed by atoms with Gasteiger partial charge in [-0.05, 0) is 37.3 Å². The minimum atomic E-state index is -1.04. The third kappa shape index (κ3) is 7.91. The van der Waals surface area contributed by atoms with Crippen LogP contribution < -0.4 is 0 Å². The highest BCUT2D eigenvalue weighted by atomic mass is 16.7. The molecular formula is C22H34O7. The Morgan fingerprint density at radius 3 is 2.62 bits per heavy atom. The van der Waals surface area contributed by atoms with E-state index in [0.29, 0.717) is 12.2 Å². The molecule has 1 fully saturated rings. The molecule has 1 N–H and O–H groups in total. The van der Waals surface area contributed by atoms with Gasteiger partial charge in [0.15, 0.2) is 18.5 Å². The molecule has 0 saturated carbocycles. The summed E-state index contributed by atoms with van der Waals surface area (Å²) in [4.78, 5) is 22.9. The van der Waals surface area contributed by atoms with E-state index in [1.807, 2.05) is 6.08 Å². The topological polar surface area (TPSA) is 91.3 Å². The third-order valence-electron chi connectivity index (χ3n) is 4.98. The van der Waals surface area contributed by atoms with Crippen LogP contribution in [-0.2, 0) is 28.5 Å². The maximum atomic E-state index is 11.5. The Hall–Kier alpha value is -1.70. The molecular weight excluding hydrogens is 376 g/mol. The molecule has 7 heteroatoms. The van der Waals surface area contributed by atoms with Crippen LogP contribution in [0, 0.1) is 0 Å². The number of unbranched alkanes of at least 4 members (excludes halogenated alkanes) is 2. The molecule has 0 aromatic heterocycles. The fraction of sp³-hybridized carbons (Fsp3) is 0.727. The normalized spacial score (nSPS) is 28.2. The van der Waals surface area contributed by atoms with Crippen molar-refractivity contribution in [3.8, 4) is 0 Å². The lowest BCUT2D eigenvalue weighted by atomic mass is 10.1. The van der Waals surface area contributed by atoms with Gasteiger partial charge in [-0.1, -0.05) is 38.3 Å². The number of carbonyl (C=O) groups is 2. The standard InChI is InChI=1S/C22H34O7/c1-4-5-6-9-18(29-20-10-7-8-13-26-20)12-11-17-14-19(25)22(28-16(3)24)21(17)27-15(2)23/h11-12,14,18-22,25H,4-10,13H2,1-3H3/b12-11+/t18?,19?,20?,21-,22-/m0/s1. The van der Waals surface area contributed by atoms with Gasteiger partial charge in [-0.3, -0.25) is 9.59 Å². The number of aliphatic hydroxyl groups excluding tert-OH is 1. The van der Waals surface area contributed by atoms with E-state index in [0.717, 1.165) is 44.9 Å². The van der Waals surface area contributed by atoms with Crippen molar-refractivity contribution in [2.45, 2.75) is 96.4 Å². The summed E-state index contributed by atoms with van der Waals surface area (Å²) in [7, 11) is 0. The smallest absolute Gasteiger partial charge is 0.303 e. The largest absolute Gasteiger partial charge is 0.455 e. The Morgan fingerprint density at radius 1 is 1.24 bits per heavy atom. The molecule has 0 aromatic rings. The fourth-order valence-electron chi connectivity index (χ4n) is 3.58. The first-order valence-corrected chi connectivity index (χ1v) is 10.6. The molecule has 0 radical (unpaired) electrons. The summed E-state index contributed by atoms with van der Waals surface area (Å²) < 4.78 is 22.3. The second-order valence-corrected chi connectivity index (χ2v) is 7.59. The molecule has 1 heterocycles. The average molecular weight is 411 g/mol. The van der Waals surface area contributed by atoms with Gasteiger partial charge in [-0.25, -0.2) is 0 Å². The molecule has 0 amide bonds. The number of rotatable bonds is 10. The second kappa shape index (κ2) is 12.1. The van der Waals surface area contributed by atoms with Crippen molar-refractivity contribution in [2.75, 3.05) is 6.61 Å². The molecule has 7 nitrogen and oxygen atoms in total. The molecule has 3 unspecified atom stereocenters. The molecule has 164 valence electrons. The number of aliphatic hydroxyl groups is 1. The fourth-order valence-corrected chi connectivity index (χ4v) is 3.58. The summed E-state index contributed by atoms with van der Waals surface area (Å²) in [5, 5.41) is 10.3. The highest BCUT2D eigenvalue weighted by Gasteiger charge is 2.40. The first kappa shape index (κ1) is 23.6. The molecule has 0 aromatic carbocycles. The van der Waals surface area contributed by atoms with Gasteiger partial charge in [-0.15, -0.1) is 0 Å². The van der Waals surface area contributed by atoms with Gasteiger partial charge in [0.25, 0.3) is 0 Å². The molecule has 29 heavy (non-hydrogen) atoms. The van der Waals surface area contributed by atoms with Gasteiger partial charge in [0, 0.05) is 20.5 Å². The van der Waals surface area contributed by atoms with Crippen molar-refractivity contribution < 1.29 is 33.6 Å². The molecule has 5 atom stereocenters. The van der Waals surface area contributed by atoms with Crippen molar-refractivity contribution in [2.24, 2.45) is 0 Å². The first-order chi connectivity index (χ1) is 13.9. The minimum Gasteiger partial charge on any atom is -0.455 e. The van der Waals surface area contributed by atoms with Crippen molar-refractivity contribution in [3.05, 3.63) is 23.8 Å². The average Bonchev–Trinajstić information content (AvgIpc) is 2.94. The van der Waals surface area contributed by atoms with Crippen LogP contribution in [0.1, 0.15) is 65.7 Å². The van der Waals surface area contributed by atoms with Crippen LogP contribution >= 0.6 is 0 Å². The zero-order valence-electron chi connectivity index (χ0n) is 17.7.